The van der Waals surface area contributed by atoms with Gasteiger partial charge in [-0.15, -0.1) is 0 Å². The number of amides is 3. The van der Waals surface area contributed by atoms with Gasteiger partial charge in [-0.05, 0) is 44.1 Å². The first-order chi connectivity index (χ1) is 16.4. The molecule has 2 heterocycles. The van der Waals surface area contributed by atoms with Crippen LogP contribution in [0.3, 0.4) is 0 Å². The third kappa shape index (κ3) is 4.17. The maximum absolute atomic E-state index is 12.9. The van der Waals surface area contributed by atoms with E-state index in [1.165, 1.54) is 6.21 Å². The summed E-state index contributed by atoms with van der Waals surface area (Å²) in [6.07, 6.45) is 2.27. The zero-order valence-corrected chi connectivity index (χ0v) is 19.0. The van der Waals surface area contributed by atoms with Crippen molar-refractivity contribution in [3.63, 3.8) is 0 Å². The molecule has 0 radical (unpaired) electrons. The summed E-state index contributed by atoms with van der Waals surface area (Å²) in [4.78, 5) is 43.5. The molecule has 2 aliphatic rings. The molecule has 2 atom stereocenters. The van der Waals surface area contributed by atoms with Crippen LogP contribution in [0.15, 0.2) is 47.6 Å². The lowest BCUT2D eigenvalue weighted by atomic mass is 10.0. The number of hydrogen-bond donors (Lipinski definition) is 4. The van der Waals surface area contributed by atoms with Gasteiger partial charge in [-0.1, -0.05) is 30.3 Å². The summed E-state index contributed by atoms with van der Waals surface area (Å²) in [5.41, 5.74) is 5.91. The van der Waals surface area contributed by atoms with E-state index in [1.54, 1.807) is 12.1 Å². The number of aromatic amines is 1. The van der Waals surface area contributed by atoms with Gasteiger partial charge in [0.1, 0.15) is 5.69 Å². The summed E-state index contributed by atoms with van der Waals surface area (Å²) in [5, 5.41) is 10.4. The number of rotatable bonds is 7. The second-order valence-electron chi connectivity index (χ2n) is 8.97. The normalized spacial score (nSPS) is 18.5. The highest BCUT2D eigenvalue weighted by Gasteiger charge is 2.43. The number of aromatic nitrogens is 1. The molecule has 5 rings (SSSR count). The molecule has 2 unspecified atom stereocenters. The number of carbonyl (C=O) groups excluding carboxylic acids is 3. The fourth-order valence-corrected chi connectivity index (χ4v) is 4.40. The average Bonchev–Trinajstić information content (AvgIpc) is 3.56. The number of carbonyl (C=O) groups is 3. The minimum atomic E-state index is -0.400. The number of benzene rings is 2. The van der Waals surface area contributed by atoms with E-state index in [4.69, 9.17) is 0 Å². The van der Waals surface area contributed by atoms with E-state index in [9.17, 15) is 14.4 Å². The Morgan fingerprint density at radius 3 is 2.74 bits per heavy atom. The van der Waals surface area contributed by atoms with Gasteiger partial charge in [0.15, 0.2) is 0 Å². The third-order valence-corrected chi connectivity index (χ3v) is 6.24. The first-order valence-corrected chi connectivity index (χ1v) is 11.2. The molecule has 4 N–H and O–H groups in total. The molecule has 34 heavy (non-hydrogen) atoms. The van der Waals surface area contributed by atoms with Crippen molar-refractivity contribution in [2.45, 2.75) is 12.3 Å². The van der Waals surface area contributed by atoms with Gasteiger partial charge in [0.25, 0.3) is 11.8 Å². The molecule has 9 nitrogen and oxygen atoms in total. The quantitative estimate of drug-likeness (QED) is 0.434. The van der Waals surface area contributed by atoms with E-state index in [0.717, 1.165) is 12.0 Å². The molecule has 0 spiro atoms. The van der Waals surface area contributed by atoms with Crippen molar-refractivity contribution >= 4 is 40.5 Å². The Bertz CT molecular complexity index is 1310. The first-order valence-electron chi connectivity index (χ1n) is 11.2. The van der Waals surface area contributed by atoms with Crippen LogP contribution in [0.25, 0.3) is 10.9 Å². The molecule has 0 saturated heterocycles. The number of anilines is 1. The highest BCUT2D eigenvalue weighted by molar-refractivity contribution is 6.19. The molecule has 0 bridgehead atoms. The largest absolute Gasteiger partial charge is 0.350 e. The van der Waals surface area contributed by atoms with Gasteiger partial charge in [-0.3, -0.25) is 14.4 Å². The summed E-state index contributed by atoms with van der Waals surface area (Å²) in [6, 6.07) is 13.4. The molecular weight excluding hydrogens is 432 g/mol. The molecule has 3 aromatic rings. The topological polar surface area (TPSA) is 119 Å². The summed E-state index contributed by atoms with van der Waals surface area (Å²) in [5.74, 6) is -0.666. The lowest BCUT2D eigenvalue weighted by Crippen LogP contribution is -2.32. The zero-order chi connectivity index (χ0) is 23.8. The fraction of sp³-hybridized carbons (Fsp3) is 0.280. The second kappa shape index (κ2) is 8.75. The van der Waals surface area contributed by atoms with Gasteiger partial charge in [-0.2, -0.15) is 5.10 Å². The Kier molecular flexibility index (Phi) is 5.62. The molecule has 9 heteroatoms. The van der Waals surface area contributed by atoms with Crippen molar-refractivity contribution in [3.8, 4) is 0 Å². The monoisotopic (exact) mass is 458 g/mol. The van der Waals surface area contributed by atoms with Crippen LogP contribution in [-0.2, 0) is 4.79 Å². The Labute approximate surface area is 196 Å². The summed E-state index contributed by atoms with van der Waals surface area (Å²) >= 11 is 0. The minimum Gasteiger partial charge on any atom is -0.350 e. The predicted octanol–water partition coefficient (Wildman–Crippen LogP) is 2.28. The highest BCUT2D eigenvalue weighted by atomic mass is 16.2. The molecule has 3 amide bonds. The maximum Gasteiger partial charge on any atom is 0.272 e. The number of likely N-dealkylation sites (N-methyl/N-ethyl adjacent to an activating group) is 1. The van der Waals surface area contributed by atoms with Crippen molar-refractivity contribution in [2.24, 2.45) is 11.0 Å². The van der Waals surface area contributed by atoms with Crippen LogP contribution >= 0.6 is 0 Å². The van der Waals surface area contributed by atoms with Crippen molar-refractivity contribution in [3.05, 3.63) is 64.8 Å². The fourth-order valence-electron chi connectivity index (χ4n) is 4.40. The number of hydrazone groups is 1. The molecule has 1 aliphatic heterocycles. The van der Waals surface area contributed by atoms with E-state index in [2.05, 4.69) is 26.1 Å². The number of nitrogens with zero attached hydrogens (tertiary/aromatic N) is 2. The lowest BCUT2D eigenvalue weighted by Gasteiger charge is -2.10. The first kappa shape index (κ1) is 21.8. The molecule has 1 saturated carbocycles. The number of H-pyrrole nitrogens is 1. The van der Waals surface area contributed by atoms with Crippen molar-refractivity contribution in [1.29, 1.82) is 0 Å². The standard InChI is InChI=1S/C25H26N6O3/c1-31(2)9-8-26-25(34)22-19-13-27-30-24(33)18-10-15(11-20(29-22)21(18)19)28-23(32)17-12-16(17)14-6-4-3-5-7-14/h3-7,10-11,13,16-17,29H,8-9,12H2,1-2H3,(H,26,34)(H,28,32)(H,30,33). The smallest absolute Gasteiger partial charge is 0.272 e. The molecule has 1 aromatic heterocycles. The van der Waals surface area contributed by atoms with Crippen LogP contribution in [0.1, 0.15) is 44.3 Å². The van der Waals surface area contributed by atoms with Crippen molar-refractivity contribution in [1.82, 2.24) is 20.6 Å². The van der Waals surface area contributed by atoms with Gasteiger partial charge >= 0.3 is 0 Å². The van der Waals surface area contributed by atoms with Crippen molar-refractivity contribution < 1.29 is 14.4 Å². The van der Waals surface area contributed by atoms with E-state index in [0.29, 0.717) is 46.5 Å². The van der Waals surface area contributed by atoms with Gasteiger partial charge < -0.3 is 20.5 Å². The van der Waals surface area contributed by atoms with Gasteiger partial charge in [0.2, 0.25) is 5.91 Å². The van der Waals surface area contributed by atoms with Gasteiger partial charge in [0.05, 0.1) is 11.8 Å². The minimum absolute atomic E-state index is 0.0842. The molecular formula is C25H26N6O3. The third-order valence-electron chi connectivity index (χ3n) is 6.24. The van der Waals surface area contributed by atoms with E-state index in [-0.39, 0.29) is 23.7 Å². The summed E-state index contributed by atoms with van der Waals surface area (Å²) in [6.45, 7) is 1.18. The second-order valence-corrected chi connectivity index (χ2v) is 8.97. The van der Waals surface area contributed by atoms with E-state index in [1.807, 2.05) is 49.3 Å². The average molecular weight is 459 g/mol. The number of hydrogen-bond acceptors (Lipinski definition) is 5. The van der Waals surface area contributed by atoms with Gasteiger partial charge in [-0.25, -0.2) is 5.43 Å². The van der Waals surface area contributed by atoms with Crippen LogP contribution < -0.4 is 16.1 Å². The maximum atomic E-state index is 12.9. The molecule has 1 aliphatic carbocycles. The SMILES string of the molecule is CN(C)CCNC(=O)c1[nH]c2cc(NC(=O)C3CC3c3ccccc3)cc3c2c1C=NNC3=O. The Balaban J connectivity index is 1.42. The van der Waals surface area contributed by atoms with Crippen molar-refractivity contribution in [2.75, 3.05) is 32.5 Å². The molecule has 2 aromatic carbocycles. The molecule has 174 valence electrons. The van der Waals surface area contributed by atoms with Crippen LogP contribution in [0.5, 0.6) is 0 Å². The lowest BCUT2D eigenvalue weighted by molar-refractivity contribution is -0.117. The Morgan fingerprint density at radius 1 is 1.18 bits per heavy atom. The number of nitrogens with one attached hydrogen (secondary N) is 4. The van der Waals surface area contributed by atoms with E-state index < -0.39 is 5.91 Å². The van der Waals surface area contributed by atoms with Gasteiger partial charge in [0, 0.05) is 41.2 Å². The van der Waals surface area contributed by atoms with E-state index >= 15 is 0 Å². The van der Waals surface area contributed by atoms with Crippen LogP contribution in [-0.4, -0.2) is 61.0 Å². The molecule has 1 fully saturated rings. The highest BCUT2D eigenvalue weighted by Crippen LogP contribution is 2.48. The Hall–Kier alpha value is -3.98. The zero-order valence-electron chi connectivity index (χ0n) is 19.0. The predicted molar refractivity (Wildman–Crippen MR) is 130 cm³/mol. The van der Waals surface area contributed by atoms with Crippen LogP contribution in [0.4, 0.5) is 5.69 Å². The Morgan fingerprint density at radius 2 is 1.97 bits per heavy atom. The van der Waals surface area contributed by atoms with Crippen LogP contribution in [0, 0.1) is 5.92 Å². The van der Waals surface area contributed by atoms with Crippen LogP contribution in [0.2, 0.25) is 0 Å². The summed E-state index contributed by atoms with van der Waals surface area (Å²) < 4.78 is 0. The summed E-state index contributed by atoms with van der Waals surface area (Å²) in [7, 11) is 3.86.